The van der Waals surface area contributed by atoms with Crippen molar-refractivity contribution in [3.63, 3.8) is 0 Å². The van der Waals surface area contributed by atoms with Crippen LogP contribution in [0.2, 0.25) is 0 Å². The molecule has 1 aromatic rings. The number of nitrogens with zero attached hydrogens (tertiary/aromatic N) is 1. The lowest BCUT2D eigenvalue weighted by atomic mass is 10.2. The molecular formula is C14H17FN2O3. The molecule has 1 amide bonds. The molecule has 0 unspecified atom stereocenters. The molecule has 20 heavy (non-hydrogen) atoms. The zero-order valence-corrected chi connectivity index (χ0v) is 11.1. The zero-order valence-electron chi connectivity index (χ0n) is 11.1. The molecule has 1 aromatic carbocycles. The van der Waals surface area contributed by atoms with Crippen molar-refractivity contribution in [1.82, 2.24) is 4.90 Å². The number of benzene rings is 1. The number of carboxylic acid groups (broad SMARTS) is 1. The highest BCUT2D eigenvalue weighted by Crippen LogP contribution is 2.15. The molecule has 1 aliphatic rings. The Morgan fingerprint density at radius 1 is 1.30 bits per heavy atom. The lowest BCUT2D eigenvalue weighted by Crippen LogP contribution is -2.25. The van der Waals surface area contributed by atoms with Gasteiger partial charge in [-0.2, -0.15) is 0 Å². The molecule has 0 aromatic heterocycles. The molecule has 0 aliphatic carbocycles. The first-order valence-electron chi connectivity index (χ1n) is 6.61. The van der Waals surface area contributed by atoms with Gasteiger partial charge >= 0.3 is 5.97 Å². The summed E-state index contributed by atoms with van der Waals surface area (Å²) < 4.78 is 13.4. The molecule has 1 fully saturated rings. The molecule has 0 spiro atoms. The maximum atomic E-state index is 13.4. The Kier molecular flexibility index (Phi) is 4.68. The number of amides is 1. The highest BCUT2D eigenvalue weighted by molar-refractivity contribution is 5.92. The van der Waals surface area contributed by atoms with Crippen LogP contribution in [0.3, 0.4) is 0 Å². The molecule has 2 rings (SSSR count). The summed E-state index contributed by atoms with van der Waals surface area (Å²) in [5.41, 5.74) is -0.126. The third kappa shape index (κ3) is 3.77. The number of likely N-dealkylation sites (tertiary alicyclic amines) is 1. The summed E-state index contributed by atoms with van der Waals surface area (Å²) in [6.45, 7) is 2.74. The number of carboxylic acids is 1. The fourth-order valence-corrected chi connectivity index (χ4v) is 2.26. The number of halogens is 1. The number of hydrogen-bond donors (Lipinski definition) is 2. The van der Waals surface area contributed by atoms with Crippen LogP contribution >= 0.6 is 0 Å². The van der Waals surface area contributed by atoms with E-state index >= 15 is 0 Å². The Hall–Kier alpha value is -1.95. The van der Waals surface area contributed by atoms with Gasteiger partial charge in [-0.1, -0.05) is 0 Å². The van der Waals surface area contributed by atoms with E-state index in [-0.39, 0.29) is 11.6 Å². The van der Waals surface area contributed by atoms with E-state index in [1.807, 2.05) is 0 Å². The predicted octanol–water partition coefficient (Wildman–Crippen LogP) is 1.95. The molecular weight excluding hydrogens is 263 g/mol. The smallest absolute Gasteiger partial charge is 0.338 e. The highest BCUT2D eigenvalue weighted by atomic mass is 19.1. The minimum absolute atomic E-state index is 0.195. The van der Waals surface area contributed by atoms with Gasteiger partial charge in [0.25, 0.3) is 0 Å². The van der Waals surface area contributed by atoms with Gasteiger partial charge in [-0.15, -0.1) is 0 Å². The molecule has 0 bridgehead atoms. The van der Waals surface area contributed by atoms with Crippen LogP contribution in [0.5, 0.6) is 0 Å². The van der Waals surface area contributed by atoms with Crippen LogP contribution in [0.25, 0.3) is 0 Å². The molecule has 1 aliphatic heterocycles. The van der Waals surface area contributed by atoms with Crippen LogP contribution in [0, 0.1) is 5.82 Å². The van der Waals surface area contributed by atoms with Crippen LogP contribution in [0.15, 0.2) is 18.2 Å². The molecule has 108 valence electrons. The third-order valence-electron chi connectivity index (χ3n) is 3.34. The summed E-state index contributed by atoms with van der Waals surface area (Å²) >= 11 is 0. The van der Waals surface area contributed by atoms with Gasteiger partial charge in [0.15, 0.2) is 0 Å². The Balaban J connectivity index is 1.87. The number of rotatable bonds is 5. The number of aromatic carboxylic acids is 1. The van der Waals surface area contributed by atoms with Crippen molar-refractivity contribution in [2.24, 2.45) is 0 Å². The summed E-state index contributed by atoms with van der Waals surface area (Å²) in [7, 11) is 0. The lowest BCUT2D eigenvalue weighted by Gasteiger charge is -2.14. The van der Waals surface area contributed by atoms with E-state index in [1.165, 1.54) is 18.9 Å². The number of hydrogen-bond acceptors (Lipinski definition) is 3. The van der Waals surface area contributed by atoms with E-state index in [0.29, 0.717) is 13.0 Å². The Labute approximate surface area is 116 Å². The van der Waals surface area contributed by atoms with E-state index in [1.54, 1.807) is 0 Å². The summed E-state index contributed by atoms with van der Waals surface area (Å²) in [4.78, 5) is 24.6. The normalized spacial score (nSPS) is 15.2. The van der Waals surface area contributed by atoms with Crippen molar-refractivity contribution in [3.05, 3.63) is 29.6 Å². The number of nitrogens with one attached hydrogen (secondary N) is 1. The van der Waals surface area contributed by atoms with Gasteiger partial charge in [-0.3, -0.25) is 4.79 Å². The van der Waals surface area contributed by atoms with Gasteiger partial charge in [0.05, 0.1) is 5.56 Å². The Morgan fingerprint density at radius 3 is 2.60 bits per heavy atom. The van der Waals surface area contributed by atoms with Crippen molar-refractivity contribution >= 4 is 17.6 Å². The van der Waals surface area contributed by atoms with E-state index in [2.05, 4.69) is 10.2 Å². The third-order valence-corrected chi connectivity index (χ3v) is 3.34. The van der Waals surface area contributed by atoms with Crippen LogP contribution in [-0.2, 0) is 4.79 Å². The molecule has 0 radical (unpaired) electrons. The van der Waals surface area contributed by atoms with Crippen LogP contribution < -0.4 is 5.32 Å². The van der Waals surface area contributed by atoms with Crippen molar-refractivity contribution in [1.29, 1.82) is 0 Å². The SMILES string of the molecule is O=C(CCN1CCCC1)Nc1ccc(C(=O)O)c(F)c1. The minimum atomic E-state index is -1.32. The molecule has 1 heterocycles. The second kappa shape index (κ2) is 6.47. The van der Waals surface area contributed by atoms with Gasteiger partial charge in [0.2, 0.25) is 5.91 Å². The fourth-order valence-electron chi connectivity index (χ4n) is 2.26. The van der Waals surface area contributed by atoms with Gasteiger partial charge in [0, 0.05) is 18.7 Å². The number of carbonyl (C=O) groups is 2. The van der Waals surface area contributed by atoms with Crippen LogP contribution in [0.1, 0.15) is 29.6 Å². The zero-order chi connectivity index (χ0) is 14.5. The Morgan fingerprint density at radius 2 is 2.00 bits per heavy atom. The maximum Gasteiger partial charge on any atom is 0.338 e. The average molecular weight is 280 g/mol. The minimum Gasteiger partial charge on any atom is -0.478 e. The standard InChI is InChI=1S/C14H17FN2O3/c15-12-9-10(3-4-11(12)14(19)20)16-13(18)5-8-17-6-1-2-7-17/h3-4,9H,1-2,5-8H2,(H,16,18)(H,19,20). The van der Waals surface area contributed by atoms with Crippen molar-refractivity contribution in [2.45, 2.75) is 19.3 Å². The second-order valence-corrected chi connectivity index (χ2v) is 4.85. The van der Waals surface area contributed by atoms with Gasteiger partial charge in [-0.25, -0.2) is 9.18 Å². The van der Waals surface area contributed by atoms with Gasteiger partial charge in [-0.05, 0) is 44.1 Å². The average Bonchev–Trinajstić information content (AvgIpc) is 2.89. The highest BCUT2D eigenvalue weighted by Gasteiger charge is 2.14. The molecule has 0 saturated carbocycles. The molecule has 6 heteroatoms. The lowest BCUT2D eigenvalue weighted by molar-refractivity contribution is -0.116. The fraction of sp³-hybridized carbons (Fsp3) is 0.429. The Bertz CT molecular complexity index is 513. The van der Waals surface area contributed by atoms with Crippen molar-refractivity contribution in [3.8, 4) is 0 Å². The molecule has 0 atom stereocenters. The first kappa shape index (κ1) is 14.5. The topological polar surface area (TPSA) is 69.6 Å². The quantitative estimate of drug-likeness (QED) is 0.865. The van der Waals surface area contributed by atoms with E-state index in [9.17, 15) is 14.0 Å². The number of carbonyl (C=O) groups excluding carboxylic acids is 1. The van der Waals surface area contributed by atoms with Crippen molar-refractivity contribution < 1.29 is 19.1 Å². The van der Waals surface area contributed by atoms with Gasteiger partial charge in [0.1, 0.15) is 5.82 Å². The van der Waals surface area contributed by atoms with E-state index in [4.69, 9.17) is 5.11 Å². The summed E-state index contributed by atoms with van der Waals surface area (Å²) in [6, 6.07) is 3.56. The molecule has 2 N–H and O–H groups in total. The largest absolute Gasteiger partial charge is 0.478 e. The summed E-state index contributed by atoms with van der Waals surface area (Å²) in [6.07, 6.45) is 2.69. The maximum absolute atomic E-state index is 13.4. The van der Waals surface area contributed by atoms with Crippen LogP contribution in [0.4, 0.5) is 10.1 Å². The molecule has 1 saturated heterocycles. The monoisotopic (exact) mass is 280 g/mol. The summed E-state index contributed by atoms with van der Waals surface area (Å²) in [5.74, 6) is -2.37. The van der Waals surface area contributed by atoms with Crippen molar-refractivity contribution in [2.75, 3.05) is 25.0 Å². The molecule has 5 nitrogen and oxygen atoms in total. The van der Waals surface area contributed by atoms with Crippen LogP contribution in [-0.4, -0.2) is 41.5 Å². The van der Waals surface area contributed by atoms with Gasteiger partial charge < -0.3 is 15.3 Å². The van der Waals surface area contributed by atoms with E-state index < -0.39 is 17.3 Å². The van der Waals surface area contributed by atoms with E-state index in [0.717, 1.165) is 25.2 Å². The first-order valence-corrected chi connectivity index (χ1v) is 6.61. The predicted molar refractivity (Wildman–Crippen MR) is 72.3 cm³/mol. The second-order valence-electron chi connectivity index (χ2n) is 4.85. The number of anilines is 1. The summed E-state index contributed by atoms with van der Waals surface area (Å²) in [5, 5.41) is 11.3. The first-order chi connectivity index (χ1) is 9.56.